The van der Waals surface area contributed by atoms with Gasteiger partial charge in [0, 0.05) is 17.6 Å². The van der Waals surface area contributed by atoms with Crippen molar-refractivity contribution in [2.75, 3.05) is 18.5 Å². The van der Waals surface area contributed by atoms with Crippen molar-refractivity contribution in [3.05, 3.63) is 30.0 Å². The molecule has 3 nitrogen and oxygen atoms in total. The normalized spacial score (nSPS) is 11.7. The molecule has 0 saturated heterocycles. The van der Waals surface area contributed by atoms with Gasteiger partial charge in [-0.25, -0.2) is 4.98 Å². The fraction of sp³-hybridized carbons (Fsp3) is 0.357. The number of aromatic nitrogens is 1. The SMILES string of the molecule is CCNc1cc(C(F)(F)F)nc2ccc(OCC)cc12. The predicted octanol–water partition coefficient (Wildman–Crippen LogP) is 4.08. The Morgan fingerprint density at radius 3 is 2.55 bits per heavy atom. The molecule has 2 aromatic rings. The number of rotatable bonds is 4. The molecule has 0 bridgehead atoms. The van der Waals surface area contributed by atoms with Crippen LogP contribution >= 0.6 is 0 Å². The summed E-state index contributed by atoms with van der Waals surface area (Å²) in [6, 6.07) is 5.89. The van der Waals surface area contributed by atoms with Crippen LogP contribution in [0.1, 0.15) is 19.5 Å². The first kappa shape index (κ1) is 14.4. The molecule has 20 heavy (non-hydrogen) atoms. The molecule has 1 aromatic heterocycles. The molecule has 0 radical (unpaired) electrons. The van der Waals surface area contributed by atoms with Crippen LogP contribution < -0.4 is 10.1 Å². The number of alkyl halides is 3. The summed E-state index contributed by atoms with van der Waals surface area (Å²) >= 11 is 0. The number of nitrogens with zero attached hydrogens (tertiary/aromatic N) is 1. The molecule has 0 aliphatic carbocycles. The van der Waals surface area contributed by atoms with E-state index < -0.39 is 11.9 Å². The van der Waals surface area contributed by atoms with Crippen molar-refractivity contribution in [3.63, 3.8) is 0 Å². The zero-order chi connectivity index (χ0) is 14.8. The zero-order valence-electron chi connectivity index (χ0n) is 11.2. The standard InChI is InChI=1S/C14H15F3N2O/c1-3-18-12-8-13(14(15,16)17)19-11-6-5-9(20-4-2)7-10(11)12/h5-8H,3-4H2,1-2H3,(H,18,19). The van der Waals surface area contributed by atoms with Crippen molar-refractivity contribution in [3.8, 4) is 5.75 Å². The highest BCUT2D eigenvalue weighted by atomic mass is 19.4. The molecule has 0 aliphatic heterocycles. The summed E-state index contributed by atoms with van der Waals surface area (Å²) < 4.78 is 43.8. The molecule has 0 amide bonds. The fourth-order valence-corrected chi connectivity index (χ4v) is 1.94. The van der Waals surface area contributed by atoms with E-state index >= 15 is 0 Å². The number of hydrogen-bond donors (Lipinski definition) is 1. The third kappa shape index (κ3) is 2.95. The molecule has 108 valence electrons. The van der Waals surface area contributed by atoms with Crippen LogP contribution in [0.4, 0.5) is 18.9 Å². The Morgan fingerprint density at radius 1 is 1.20 bits per heavy atom. The van der Waals surface area contributed by atoms with E-state index in [0.29, 0.717) is 35.5 Å². The first-order chi connectivity index (χ1) is 9.45. The summed E-state index contributed by atoms with van der Waals surface area (Å²) in [5.74, 6) is 0.612. The van der Waals surface area contributed by atoms with Crippen LogP contribution in [0.25, 0.3) is 10.9 Å². The van der Waals surface area contributed by atoms with E-state index in [1.165, 1.54) is 6.07 Å². The molecule has 0 spiro atoms. The maximum Gasteiger partial charge on any atom is 0.433 e. The van der Waals surface area contributed by atoms with Crippen molar-refractivity contribution in [2.45, 2.75) is 20.0 Å². The summed E-state index contributed by atoms with van der Waals surface area (Å²) in [5.41, 5.74) is -0.198. The molecule has 1 aromatic carbocycles. The van der Waals surface area contributed by atoms with E-state index in [1.54, 1.807) is 12.1 Å². The van der Waals surface area contributed by atoms with E-state index in [9.17, 15) is 13.2 Å². The van der Waals surface area contributed by atoms with Gasteiger partial charge in [-0.2, -0.15) is 13.2 Å². The minimum atomic E-state index is -4.46. The summed E-state index contributed by atoms with van der Waals surface area (Å²) in [4.78, 5) is 3.67. The second-order valence-electron chi connectivity index (χ2n) is 4.20. The predicted molar refractivity (Wildman–Crippen MR) is 72.1 cm³/mol. The van der Waals surface area contributed by atoms with Crippen LogP contribution in [0.15, 0.2) is 24.3 Å². The van der Waals surface area contributed by atoms with Crippen molar-refractivity contribution in [2.24, 2.45) is 0 Å². The first-order valence-electron chi connectivity index (χ1n) is 6.34. The summed E-state index contributed by atoms with van der Waals surface area (Å²) in [6.45, 7) is 4.69. The molecule has 2 rings (SSSR count). The van der Waals surface area contributed by atoms with Gasteiger partial charge in [0.05, 0.1) is 12.1 Å². The number of fused-ring (bicyclic) bond motifs is 1. The lowest BCUT2D eigenvalue weighted by Gasteiger charge is -2.13. The molecule has 1 heterocycles. The van der Waals surface area contributed by atoms with Gasteiger partial charge in [-0.1, -0.05) is 0 Å². The Balaban J connectivity index is 2.61. The summed E-state index contributed by atoms with van der Waals surface area (Å²) in [5, 5.41) is 3.55. The Labute approximate surface area is 114 Å². The van der Waals surface area contributed by atoms with Crippen molar-refractivity contribution in [1.82, 2.24) is 4.98 Å². The highest BCUT2D eigenvalue weighted by Crippen LogP contribution is 2.34. The topological polar surface area (TPSA) is 34.2 Å². The summed E-state index contributed by atoms with van der Waals surface area (Å²) in [7, 11) is 0. The largest absolute Gasteiger partial charge is 0.494 e. The minimum absolute atomic E-state index is 0.291. The molecule has 0 unspecified atom stereocenters. The highest BCUT2D eigenvalue weighted by molar-refractivity contribution is 5.92. The lowest BCUT2D eigenvalue weighted by molar-refractivity contribution is -0.140. The van der Waals surface area contributed by atoms with Crippen molar-refractivity contribution < 1.29 is 17.9 Å². The second kappa shape index (κ2) is 5.56. The second-order valence-corrected chi connectivity index (χ2v) is 4.20. The van der Waals surface area contributed by atoms with E-state index in [-0.39, 0.29) is 0 Å². The lowest BCUT2D eigenvalue weighted by atomic mass is 10.1. The average Bonchev–Trinajstić information content (AvgIpc) is 2.38. The van der Waals surface area contributed by atoms with Crippen LogP contribution in [0.2, 0.25) is 0 Å². The number of ether oxygens (including phenoxy) is 1. The Morgan fingerprint density at radius 2 is 1.95 bits per heavy atom. The molecule has 1 N–H and O–H groups in total. The quantitative estimate of drug-likeness (QED) is 0.918. The van der Waals surface area contributed by atoms with Crippen molar-refractivity contribution >= 4 is 16.6 Å². The zero-order valence-corrected chi connectivity index (χ0v) is 11.2. The maximum absolute atomic E-state index is 12.8. The first-order valence-corrected chi connectivity index (χ1v) is 6.34. The lowest BCUT2D eigenvalue weighted by Crippen LogP contribution is -2.10. The van der Waals surface area contributed by atoms with Gasteiger partial charge in [-0.05, 0) is 38.1 Å². The molecule has 6 heteroatoms. The number of halogens is 3. The number of hydrogen-bond acceptors (Lipinski definition) is 3. The van der Waals surface area contributed by atoms with Crippen LogP contribution in [0, 0.1) is 0 Å². The van der Waals surface area contributed by atoms with Gasteiger partial charge >= 0.3 is 6.18 Å². The van der Waals surface area contributed by atoms with Crippen molar-refractivity contribution in [1.29, 1.82) is 0 Å². The van der Waals surface area contributed by atoms with Crippen LogP contribution in [-0.2, 0) is 6.18 Å². The van der Waals surface area contributed by atoms with E-state index in [2.05, 4.69) is 10.3 Å². The van der Waals surface area contributed by atoms with Gasteiger partial charge in [0.25, 0.3) is 0 Å². The maximum atomic E-state index is 12.8. The van der Waals surface area contributed by atoms with E-state index in [0.717, 1.165) is 6.07 Å². The van der Waals surface area contributed by atoms with E-state index in [4.69, 9.17) is 4.74 Å². The number of benzene rings is 1. The van der Waals surface area contributed by atoms with Gasteiger partial charge in [-0.3, -0.25) is 0 Å². The molecule has 0 atom stereocenters. The summed E-state index contributed by atoms with van der Waals surface area (Å²) in [6.07, 6.45) is -4.46. The molecule has 0 fully saturated rings. The third-order valence-corrected chi connectivity index (χ3v) is 2.75. The number of pyridine rings is 1. The highest BCUT2D eigenvalue weighted by Gasteiger charge is 2.33. The van der Waals surface area contributed by atoms with Crippen LogP contribution in [-0.4, -0.2) is 18.1 Å². The third-order valence-electron chi connectivity index (χ3n) is 2.75. The van der Waals surface area contributed by atoms with Gasteiger partial charge in [0.15, 0.2) is 0 Å². The Kier molecular flexibility index (Phi) is 4.01. The monoisotopic (exact) mass is 284 g/mol. The molecule has 0 aliphatic rings. The number of anilines is 1. The number of nitrogens with one attached hydrogen (secondary N) is 1. The van der Waals surface area contributed by atoms with Gasteiger partial charge in [0.2, 0.25) is 0 Å². The molecular formula is C14H15F3N2O. The average molecular weight is 284 g/mol. The molecular weight excluding hydrogens is 269 g/mol. The smallest absolute Gasteiger partial charge is 0.433 e. The van der Waals surface area contributed by atoms with Crippen LogP contribution in [0.3, 0.4) is 0 Å². The van der Waals surface area contributed by atoms with Gasteiger partial charge < -0.3 is 10.1 Å². The van der Waals surface area contributed by atoms with E-state index in [1.807, 2.05) is 13.8 Å². The fourth-order valence-electron chi connectivity index (χ4n) is 1.94. The van der Waals surface area contributed by atoms with Crippen LogP contribution in [0.5, 0.6) is 5.75 Å². The molecule has 0 saturated carbocycles. The van der Waals surface area contributed by atoms with Gasteiger partial charge in [-0.15, -0.1) is 0 Å². The Hall–Kier alpha value is -1.98. The Bertz CT molecular complexity index is 611. The van der Waals surface area contributed by atoms with Gasteiger partial charge in [0.1, 0.15) is 11.4 Å². The minimum Gasteiger partial charge on any atom is -0.494 e.